The summed E-state index contributed by atoms with van der Waals surface area (Å²) in [5, 5.41) is 1.16. The van der Waals surface area contributed by atoms with E-state index in [0.29, 0.717) is 34.3 Å². The highest BCUT2D eigenvalue weighted by atomic mass is 35.5. The monoisotopic (exact) mass is 325 g/mol. The molecule has 2 aliphatic heterocycles. The second-order valence-corrected chi connectivity index (χ2v) is 7.14. The first-order valence-corrected chi connectivity index (χ1v) is 8.48. The summed E-state index contributed by atoms with van der Waals surface area (Å²) in [6.07, 6.45) is 3.99. The first-order valence-electron chi connectivity index (χ1n) is 7.72. The number of nitrogens with zero attached hydrogens (tertiary/aromatic N) is 1. The molecular formula is C17H21Cl2NO. The fourth-order valence-corrected chi connectivity index (χ4v) is 4.53. The molecule has 2 aliphatic rings. The summed E-state index contributed by atoms with van der Waals surface area (Å²) in [5.41, 5.74) is 1.17. The maximum absolute atomic E-state index is 12.6. The molecule has 0 saturated carbocycles. The minimum Gasteiger partial charge on any atom is -0.300 e. The first kappa shape index (κ1) is 15.3. The Hall–Kier alpha value is -0.570. The smallest absolute Gasteiger partial charge is 0.137 e. The summed E-state index contributed by atoms with van der Waals surface area (Å²) in [4.78, 5) is 15.0. The Morgan fingerprint density at radius 3 is 2.71 bits per heavy atom. The van der Waals surface area contributed by atoms with Crippen molar-refractivity contribution in [3.8, 4) is 0 Å². The lowest BCUT2D eigenvalue weighted by Crippen LogP contribution is -2.48. The fraction of sp³-hybridized carbons (Fsp3) is 0.588. The average molecular weight is 326 g/mol. The van der Waals surface area contributed by atoms with Crippen molar-refractivity contribution in [2.24, 2.45) is 5.92 Å². The Labute approximate surface area is 136 Å². The van der Waals surface area contributed by atoms with Crippen molar-refractivity contribution in [3.05, 3.63) is 33.8 Å². The number of Topliss-reactive ketones (excluding diaryl/α,β-unsaturated/α-hetero) is 1. The van der Waals surface area contributed by atoms with Gasteiger partial charge in [0.1, 0.15) is 5.78 Å². The molecule has 114 valence electrons. The Kier molecular flexibility index (Phi) is 4.31. The lowest BCUT2D eigenvalue weighted by atomic mass is 9.73. The van der Waals surface area contributed by atoms with E-state index >= 15 is 0 Å². The highest BCUT2D eigenvalue weighted by Gasteiger charge is 2.48. The van der Waals surface area contributed by atoms with E-state index in [4.69, 9.17) is 23.2 Å². The van der Waals surface area contributed by atoms with Crippen LogP contribution >= 0.6 is 23.2 Å². The number of benzene rings is 1. The summed E-state index contributed by atoms with van der Waals surface area (Å²) in [6.45, 7) is 1.97. The second kappa shape index (κ2) is 5.91. The van der Waals surface area contributed by atoms with Crippen LogP contribution in [0.3, 0.4) is 0 Å². The van der Waals surface area contributed by atoms with Crippen LogP contribution in [-0.2, 0) is 4.79 Å². The van der Waals surface area contributed by atoms with Gasteiger partial charge in [0.15, 0.2) is 0 Å². The van der Waals surface area contributed by atoms with Crippen LogP contribution in [0.1, 0.15) is 44.1 Å². The number of carbonyl (C=O) groups excluding carboxylic acids is 1. The Bertz CT molecular complexity index is 560. The molecule has 2 fully saturated rings. The summed E-state index contributed by atoms with van der Waals surface area (Å²) in [7, 11) is 2.17. The summed E-state index contributed by atoms with van der Waals surface area (Å²) in [5.74, 6) is 0.750. The van der Waals surface area contributed by atoms with Crippen LogP contribution in [0.25, 0.3) is 0 Å². The SMILES string of the molecule is CCC(=O)[C@H]1[C@@H](c2ccc(Cl)c(Cl)c2)CC2CC[C@H]1N2C. The van der Waals surface area contributed by atoms with Gasteiger partial charge in [0.25, 0.3) is 0 Å². The van der Waals surface area contributed by atoms with Gasteiger partial charge in [0.2, 0.25) is 0 Å². The normalized spacial score (nSPS) is 32.4. The van der Waals surface area contributed by atoms with Gasteiger partial charge in [-0.1, -0.05) is 36.2 Å². The van der Waals surface area contributed by atoms with E-state index < -0.39 is 0 Å². The molecule has 0 aromatic heterocycles. The highest BCUT2D eigenvalue weighted by molar-refractivity contribution is 6.42. The number of ketones is 1. The van der Waals surface area contributed by atoms with E-state index in [9.17, 15) is 4.79 Å². The standard InChI is InChI=1S/C17H21Cl2NO/c1-3-16(21)17-12(9-11-5-7-15(17)20(11)2)10-4-6-13(18)14(19)8-10/h4,6,8,11-12,15,17H,3,5,7,9H2,1-2H3/t11?,12-,15-,17+/m1/s1. The number of halogens is 2. The zero-order valence-electron chi connectivity index (χ0n) is 12.5. The molecule has 2 heterocycles. The van der Waals surface area contributed by atoms with Crippen LogP contribution in [-0.4, -0.2) is 29.8 Å². The van der Waals surface area contributed by atoms with Gasteiger partial charge < -0.3 is 0 Å². The van der Waals surface area contributed by atoms with Gasteiger partial charge in [-0.25, -0.2) is 0 Å². The van der Waals surface area contributed by atoms with Crippen LogP contribution in [0.2, 0.25) is 10.0 Å². The topological polar surface area (TPSA) is 20.3 Å². The van der Waals surface area contributed by atoms with Gasteiger partial charge in [-0.05, 0) is 49.9 Å². The van der Waals surface area contributed by atoms with E-state index in [1.54, 1.807) is 0 Å². The zero-order chi connectivity index (χ0) is 15.1. The molecule has 1 aromatic rings. The lowest BCUT2D eigenvalue weighted by molar-refractivity contribution is -0.126. The number of carbonyl (C=O) groups is 1. The predicted octanol–water partition coefficient (Wildman–Crippen LogP) is 4.54. The van der Waals surface area contributed by atoms with E-state index in [2.05, 4.69) is 11.9 Å². The van der Waals surface area contributed by atoms with E-state index in [1.807, 2.05) is 25.1 Å². The van der Waals surface area contributed by atoms with Crippen LogP contribution in [0, 0.1) is 5.92 Å². The van der Waals surface area contributed by atoms with Crippen LogP contribution < -0.4 is 0 Å². The largest absolute Gasteiger partial charge is 0.300 e. The minimum atomic E-state index is 0.0935. The van der Waals surface area contributed by atoms with Crippen LogP contribution in [0.4, 0.5) is 0 Å². The van der Waals surface area contributed by atoms with Crippen molar-refractivity contribution in [2.75, 3.05) is 7.05 Å². The molecule has 4 heteroatoms. The molecule has 0 spiro atoms. The van der Waals surface area contributed by atoms with Crippen molar-refractivity contribution < 1.29 is 4.79 Å². The van der Waals surface area contributed by atoms with E-state index in [1.165, 1.54) is 12.0 Å². The zero-order valence-corrected chi connectivity index (χ0v) is 14.0. The second-order valence-electron chi connectivity index (χ2n) is 6.33. The molecule has 0 amide bonds. The molecule has 0 N–H and O–H groups in total. The number of hydrogen-bond donors (Lipinski definition) is 0. The van der Waals surface area contributed by atoms with Gasteiger partial charge in [0, 0.05) is 24.4 Å². The maximum Gasteiger partial charge on any atom is 0.137 e. The predicted molar refractivity (Wildman–Crippen MR) is 87.2 cm³/mol. The van der Waals surface area contributed by atoms with Crippen molar-refractivity contribution in [3.63, 3.8) is 0 Å². The molecule has 1 aromatic carbocycles. The molecule has 3 rings (SSSR count). The third kappa shape index (κ3) is 2.62. The average Bonchev–Trinajstić information content (AvgIpc) is 2.72. The Morgan fingerprint density at radius 2 is 2.05 bits per heavy atom. The third-order valence-corrected chi connectivity index (χ3v) is 6.10. The summed E-state index contributed by atoms with van der Waals surface area (Å²) < 4.78 is 0. The fourth-order valence-electron chi connectivity index (χ4n) is 4.23. The molecular weight excluding hydrogens is 305 g/mol. The first-order chi connectivity index (χ1) is 10.0. The molecule has 21 heavy (non-hydrogen) atoms. The van der Waals surface area contributed by atoms with Crippen molar-refractivity contribution in [2.45, 2.75) is 50.6 Å². The molecule has 4 atom stereocenters. The minimum absolute atomic E-state index is 0.0935. The molecule has 0 radical (unpaired) electrons. The molecule has 0 aliphatic carbocycles. The number of rotatable bonds is 3. The lowest BCUT2D eigenvalue weighted by Gasteiger charge is -2.42. The Morgan fingerprint density at radius 1 is 1.29 bits per heavy atom. The van der Waals surface area contributed by atoms with Crippen LogP contribution in [0.15, 0.2) is 18.2 Å². The quantitative estimate of drug-likeness (QED) is 0.813. The molecule has 2 saturated heterocycles. The highest BCUT2D eigenvalue weighted by Crippen LogP contribution is 2.47. The maximum atomic E-state index is 12.6. The summed E-state index contributed by atoms with van der Waals surface area (Å²) >= 11 is 12.2. The number of fused-ring (bicyclic) bond motifs is 2. The van der Waals surface area contributed by atoms with E-state index in [0.717, 1.165) is 12.8 Å². The number of piperidine rings is 1. The van der Waals surface area contributed by atoms with Crippen molar-refractivity contribution >= 4 is 29.0 Å². The Balaban J connectivity index is 1.98. The summed E-state index contributed by atoms with van der Waals surface area (Å²) in [6, 6.07) is 6.83. The third-order valence-electron chi connectivity index (χ3n) is 5.36. The van der Waals surface area contributed by atoms with Gasteiger partial charge in [-0.3, -0.25) is 9.69 Å². The van der Waals surface area contributed by atoms with Gasteiger partial charge in [-0.15, -0.1) is 0 Å². The molecule has 2 nitrogen and oxygen atoms in total. The van der Waals surface area contributed by atoms with Gasteiger partial charge >= 0.3 is 0 Å². The van der Waals surface area contributed by atoms with Gasteiger partial charge in [0.05, 0.1) is 10.0 Å². The van der Waals surface area contributed by atoms with Crippen LogP contribution in [0.5, 0.6) is 0 Å². The molecule has 2 bridgehead atoms. The van der Waals surface area contributed by atoms with Crippen molar-refractivity contribution in [1.82, 2.24) is 4.90 Å². The molecule has 1 unspecified atom stereocenters. The van der Waals surface area contributed by atoms with Gasteiger partial charge in [-0.2, -0.15) is 0 Å². The number of hydrogen-bond acceptors (Lipinski definition) is 2. The van der Waals surface area contributed by atoms with Crippen molar-refractivity contribution in [1.29, 1.82) is 0 Å². The van der Waals surface area contributed by atoms with E-state index in [-0.39, 0.29) is 11.8 Å².